The van der Waals surface area contributed by atoms with E-state index in [2.05, 4.69) is 169 Å². The highest BCUT2D eigenvalue weighted by atomic mass is 16.3. The van der Waals surface area contributed by atoms with Crippen molar-refractivity contribution in [2.24, 2.45) is 0 Å². The number of furan rings is 1. The van der Waals surface area contributed by atoms with Gasteiger partial charge in [0.15, 0.2) is 6.04 Å². The van der Waals surface area contributed by atoms with Crippen molar-refractivity contribution >= 4 is 51.3 Å². The highest BCUT2D eigenvalue weighted by Gasteiger charge is 2.50. The first-order chi connectivity index (χ1) is 24.3. The molecule has 0 N–H and O–H groups in total. The molecule has 0 bridgehead atoms. The van der Waals surface area contributed by atoms with Crippen LogP contribution in [0.1, 0.15) is 38.9 Å². The molecule has 2 atom stereocenters. The number of anilines is 1. The Kier molecular flexibility index (Phi) is 5.33. The van der Waals surface area contributed by atoms with Gasteiger partial charge in [-0.1, -0.05) is 115 Å². The molecular weight excluding hydrogens is 597 g/mol. The molecule has 1 aromatic heterocycles. The quantitative estimate of drug-likeness (QED) is 0.179. The van der Waals surface area contributed by atoms with Gasteiger partial charge in [0.2, 0.25) is 0 Å². The molecule has 0 amide bonds. The number of hydrogen-bond donors (Lipinski definition) is 0. The Morgan fingerprint density at radius 1 is 0.551 bits per heavy atom. The van der Waals surface area contributed by atoms with E-state index in [0.29, 0.717) is 0 Å². The van der Waals surface area contributed by atoms with Crippen LogP contribution in [0.25, 0.3) is 45.2 Å². The summed E-state index contributed by atoms with van der Waals surface area (Å²) >= 11 is 0. The maximum absolute atomic E-state index is 6.47. The molecule has 0 radical (unpaired) electrons. The highest BCUT2D eigenvalue weighted by Crippen LogP contribution is 2.59. The standard InChI is InChI=1S/C46H29N2O/c1-2-13-32(14-3-1)48-42-20-10-9-19-41(42)47-45(48)31-25-24-30-23-22-29-12-4-7-17-37(29)46(39(30)26-31)38-18-8-5-15-33(38)35-28-44-36(27-40(35)46)34-16-6-11-21-43(34)49-44/h1-28,42H/q+1. The second kappa shape index (κ2) is 9.81. The summed E-state index contributed by atoms with van der Waals surface area (Å²) in [6.07, 6.45) is 13.2. The van der Waals surface area contributed by atoms with Gasteiger partial charge in [-0.15, -0.1) is 0 Å². The predicted octanol–water partition coefficient (Wildman–Crippen LogP) is 9.70. The van der Waals surface area contributed by atoms with Crippen LogP contribution in [-0.4, -0.2) is 17.6 Å². The number of amidine groups is 1. The van der Waals surface area contributed by atoms with Crippen molar-refractivity contribution in [3.8, 4) is 11.1 Å². The molecule has 3 heteroatoms. The molecule has 228 valence electrons. The molecule has 11 rings (SSSR count). The fourth-order valence-electron chi connectivity index (χ4n) is 8.77. The Bertz CT molecular complexity index is 2720. The van der Waals surface area contributed by atoms with Crippen molar-refractivity contribution in [3.63, 3.8) is 0 Å². The van der Waals surface area contributed by atoms with Gasteiger partial charge >= 0.3 is 5.84 Å². The topological polar surface area (TPSA) is 30.5 Å². The predicted molar refractivity (Wildman–Crippen MR) is 202 cm³/mol. The first-order valence-corrected chi connectivity index (χ1v) is 16.9. The Morgan fingerprint density at radius 3 is 2.24 bits per heavy atom. The van der Waals surface area contributed by atoms with Gasteiger partial charge in [-0.25, -0.2) is 4.67 Å². The van der Waals surface area contributed by atoms with E-state index in [-0.39, 0.29) is 6.04 Å². The molecule has 4 aliphatic rings. The number of rotatable bonds is 2. The molecule has 2 heterocycles. The van der Waals surface area contributed by atoms with Crippen molar-refractivity contribution in [2.75, 3.05) is 4.90 Å². The van der Waals surface area contributed by atoms with E-state index in [9.17, 15) is 0 Å². The smallest absolute Gasteiger partial charge is 0.383 e. The summed E-state index contributed by atoms with van der Waals surface area (Å²) < 4.78 is 11.8. The van der Waals surface area contributed by atoms with Crippen LogP contribution < -0.4 is 9.57 Å². The summed E-state index contributed by atoms with van der Waals surface area (Å²) in [5, 5.41) is 2.28. The van der Waals surface area contributed by atoms with Crippen molar-refractivity contribution in [1.82, 2.24) is 4.67 Å². The Morgan fingerprint density at radius 2 is 1.33 bits per heavy atom. The molecule has 3 aliphatic carbocycles. The van der Waals surface area contributed by atoms with E-state index in [0.717, 1.165) is 44.7 Å². The van der Waals surface area contributed by atoms with Gasteiger partial charge in [0.05, 0.1) is 11.0 Å². The Hall–Kier alpha value is -6.41. The molecule has 7 aromatic rings. The van der Waals surface area contributed by atoms with E-state index in [4.69, 9.17) is 9.09 Å². The molecule has 49 heavy (non-hydrogen) atoms. The average Bonchev–Trinajstić information content (AvgIpc) is 3.78. The maximum Gasteiger partial charge on any atom is 0.383 e. The fraction of sp³-hybridized carbons (Fsp3) is 0.0435. The molecule has 2 unspecified atom stereocenters. The van der Waals surface area contributed by atoms with Crippen LogP contribution in [0.4, 0.5) is 5.69 Å². The molecule has 6 aromatic carbocycles. The van der Waals surface area contributed by atoms with E-state index >= 15 is 0 Å². The third-order valence-corrected chi connectivity index (χ3v) is 10.8. The number of nitrogens with zero attached hydrogens (tertiary/aromatic N) is 2. The van der Waals surface area contributed by atoms with Crippen LogP contribution >= 0.6 is 0 Å². The third-order valence-electron chi connectivity index (χ3n) is 10.8. The summed E-state index contributed by atoms with van der Waals surface area (Å²) in [6, 6.07) is 48.6. The zero-order valence-corrected chi connectivity index (χ0v) is 26.5. The van der Waals surface area contributed by atoms with Crippen LogP contribution in [0.15, 0.2) is 162 Å². The minimum absolute atomic E-state index is 0.0476. The Labute approximate surface area is 283 Å². The van der Waals surface area contributed by atoms with Crippen LogP contribution in [0.3, 0.4) is 0 Å². The summed E-state index contributed by atoms with van der Waals surface area (Å²) in [7, 11) is 0. The number of allylic oxidation sites excluding steroid dienone is 2. The summed E-state index contributed by atoms with van der Waals surface area (Å²) in [5.74, 6) is 0.963. The van der Waals surface area contributed by atoms with Gasteiger partial charge in [-0.05, 0) is 93.0 Å². The van der Waals surface area contributed by atoms with Gasteiger partial charge in [-0.3, -0.25) is 0 Å². The second-order valence-corrected chi connectivity index (χ2v) is 13.3. The number of para-hydroxylation sites is 2. The lowest BCUT2D eigenvalue weighted by Gasteiger charge is -2.35. The van der Waals surface area contributed by atoms with E-state index in [1.54, 1.807) is 0 Å². The summed E-state index contributed by atoms with van der Waals surface area (Å²) in [4.78, 5) is 2.38. The number of benzene rings is 6. The zero-order chi connectivity index (χ0) is 32.1. The van der Waals surface area contributed by atoms with Crippen molar-refractivity contribution in [3.05, 3.63) is 197 Å². The third kappa shape index (κ3) is 3.55. The van der Waals surface area contributed by atoms with Gasteiger partial charge in [-0.2, -0.15) is 4.90 Å². The highest BCUT2D eigenvalue weighted by molar-refractivity contribution is 6.22. The lowest BCUT2D eigenvalue weighted by molar-refractivity contribution is 0.668. The first-order valence-electron chi connectivity index (χ1n) is 16.9. The van der Waals surface area contributed by atoms with Gasteiger partial charge in [0, 0.05) is 16.8 Å². The lowest BCUT2D eigenvalue weighted by atomic mass is 9.65. The molecule has 1 spiro atoms. The van der Waals surface area contributed by atoms with Gasteiger partial charge in [0.25, 0.3) is 5.71 Å². The number of fused-ring (bicyclic) bond motifs is 13. The summed E-state index contributed by atoms with van der Waals surface area (Å²) in [5.41, 5.74) is 14.5. The minimum Gasteiger partial charge on any atom is -0.456 e. The van der Waals surface area contributed by atoms with E-state index < -0.39 is 5.41 Å². The fourth-order valence-corrected chi connectivity index (χ4v) is 8.77. The molecule has 3 nitrogen and oxygen atoms in total. The Balaban J connectivity index is 1.24. The van der Waals surface area contributed by atoms with E-state index in [1.165, 1.54) is 44.5 Å². The van der Waals surface area contributed by atoms with Crippen LogP contribution in [0.2, 0.25) is 0 Å². The lowest BCUT2D eigenvalue weighted by Crippen LogP contribution is -2.40. The summed E-state index contributed by atoms with van der Waals surface area (Å²) in [6.45, 7) is 0. The maximum atomic E-state index is 6.47. The minimum atomic E-state index is -0.569. The first kappa shape index (κ1) is 26.6. The molecule has 0 saturated heterocycles. The molecular formula is C46H29N2O+. The van der Waals surface area contributed by atoms with Crippen molar-refractivity contribution < 1.29 is 4.42 Å². The SMILES string of the molecule is C1=CC2=[N+]=C(c3ccc4c(c3)C3(c5ccccc5C=C4)c4ccccc4-c4cc5oc6ccccc6c5cc43)N(c3ccccc3)C2C=C1. The van der Waals surface area contributed by atoms with Crippen LogP contribution in [0.5, 0.6) is 0 Å². The molecule has 0 fully saturated rings. The van der Waals surface area contributed by atoms with Crippen molar-refractivity contribution in [2.45, 2.75) is 11.5 Å². The van der Waals surface area contributed by atoms with Crippen LogP contribution in [0, 0.1) is 0 Å². The second-order valence-electron chi connectivity index (χ2n) is 13.3. The van der Waals surface area contributed by atoms with Crippen LogP contribution in [-0.2, 0) is 5.41 Å². The monoisotopic (exact) mass is 625 g/mol. The molecule has 1 aliphatic heterocycles. The normalized spacial score (nSPS) is 19.3. The zero-order valence-electron chi connectivity index (χ0n) is 26.5. The number of hydrogen-bond acceptors (Lipinski definition) is 2. The van der Waals surface area contributed by atoms with Gasteiger partial charge in [0.1, 0.15) is 16.9 Å². The molecule has 0 saturated carbocycles. The van der Waals surface area contributed by atoms with E-state index in [1.807, 2.05) is 6.07 Å². The van der Waals surface area contributed by atoms with Gasteiger partial charge < -0.3 is 4.42 Å². The van der Waals surface area contributed by atoms with Crippen molar-refractivity contribution in [1.29, 1.82) is 0 Å². The average molecular weight is 626 g/mol. The largest absolute Gasteiger partial charge is 0.456 e.